The number of nitrogens with zero attached hydrogens (tertiary/aromatic N) is 3. The molecule has 84 heavy (non-hydrogen) atoms. The standard InChI is InChI=1S/C59H94ClN5O19/c1-14-44-59(10,74)51(69)33(4)47(63-75)31(2)28-57(8,73)52(84-56-49(68)43(64(11)12)25-32(3)79-56)34(5)50(35(6)55(72)81-44)83-46-29-58(9,76-13)53(36(7)80-46)82-45(66)17-18-61-19-21-77-23-24-78-22-20-62-41-26-38-42(27-40(41)60)65(37-15-16-37)30-39(48(38)67)54(70)71/h26-27,30-37,43-44,46,49-53,56,61-62,68-69,73-75H,14-25,28-29H2,1-13H3,(H,70,71)/b63-47+/t31-,32-,33+,34+,35-,36+,43+,44-,46?,49-,50+,51-,52-,53+,56?,57-,58-,59-/m1/s1. The minimum Gasteiger partial charge on any atom is -0.477 e. The summed E-state index contributed by atoms with van der Waals surface area (Å²) in [5.74, 6) is -6.38. The van der Waals surface area contributed by atoms with Crippen molar-refractivity contribution in [3.8, 4) is 0 Å². The van der Waals surface area contributed by atoms with Gasteiger partial charge in [-0.25, -0.2) is 4.79 Å². The second kappa shape index (κ2) is 29.7. The van der Waals surface area contributed by atoms with Crippen molar-refractivity contribution in [2.24, 2.45) is 28.8 Å². The summed E-state index contributed by atoms with van der Waals surface area (Å²) < 4.78 is 57.7. The highest BCUT2D eigenvalue weighted by molar-refractivity contribution is 6.34. The normalized spacial score (nSPS) is 36.1. The van der Waals surface area contributed by atoms with Gasteiger partial charge in [-0.05, 0) is 99.9 Å². The largest absolute Gasteiger partial charge is 0.477 e. The predicted octanol–water partition coefficient (Wildman–Crippen LogP) is 4.72. The van der Waals surface area contributed by atoms with Crippen LogP contribution in [-0.4, -0.2) is 215 Å². The summed E-state index contributed by atoms with van der Waals surface area (Å²) in [6.07, 6.45) is -7.19. The number of methoxy groups -OCH3 is 1. The van der Waals surface area contributed by atoms with E-state index in [0.717, 1.165) is 12.8 Å². The number of esters is 2. The van der Waals surface area contributed by atoms with Crippen LogP contribution in [0.25, 0.3) is 10.9 Å². The maximum absolute atomic E-state index is 14.5. The summed E-state index contributed by atoms with van der Waals surface area (Å²) in [5.41, 5.74) is -4.76. The number of pyridine rings is 1. The quantitative estimate of drug-likeness (QED) is 0.0323. The lowest BCUT2D eigenvalue weighted by molar-refractivity contribution is -0.318. The van der Waals surface area contributed by atoms with Gasteiger partial charge in [-0.1, -0.05) is 44.5 Å². The molecule has 25 heteroatoms. The molecule has 24 nitrogen and oxygen atoms in total. The van der Waals surface area contributed by atoms with E-state index in [9.17, 15) is 49.9 Å². The highest BCUT2D eigenvalue weighted by Gasteiger charge is 2.54. The van der Waals surface area contributed by atoms with E-state index in [1.54, 1.807) is 60.6 Å². The second-order valence-corrected chi connectivity index (χ2v) is 24.8. The first-order valence-corrected chi connectivity index (χ1v) is 29.9. The zero-order chi connectivity index (χ0) is 62.2. The molecular weight excluding hydrogens is 1120 g/mol. The van der Waals surface area contributed by atoms with Crippen LogP contribution in [0.2, 0.25) is 5.02 Å². The Morgan fingerprint density at radius 1 is 0.905 bits per heavy atom. The third-order valence-corrected chi connectivity index (χ3v) is 17.7. The minimum atomic E-state index is -2.03. The van der Waals surface area contributed by atoms with E-state index in [2.05, 4.69) is 15.8 Å². The Hall–Kier alpha value is -4.12. The molecule has 4 fully saturated rings. The Labute approximate surface area is 497 Å². The number of fused-ring (bicyclic) bond motifs is 1. The van der Waals surface area contributed by atoms with Crippen molar-refractivity contribution < 1.29 is 87.8 Å². The van der Waals surface area contributed by atoms with Crippen LogP contribution in [0.1, 0.15) is 131 Å². The second-order valence-electron chi connectivity index (χ2n) is 24.4. The molecule has 8 N–H and O–H groups in total. The third-order valence-electron chi connectivity index (χ3n) is 17.3. The summed E-state index contributed by atoms with van der Waals surface area (Å²) >= 11 is 6.57. The van der Waals surface area contributed by atoms with Crippen molar-refractivity contribution in [3.63, 3.8) is 0 Å². The number of anilines is 1. The molecule has 1 aromatic heterocycles. The molecule has 3 saturated heterocycles. The Morgan fingerprint density at radius 3 is 2.18 bits per heavy atom. The van der Waals surface area contributed by atoms with Gasteiger partial charge in [0, 0.05) is 74.6 Å². The fraction of sp³-hybridized carbons (Fsp3) is 0.780. The smallest absolute Gasteiger partial charge is 0.341 e. The number of aliphatic hydroxyl groups excluding tert-OH is 2. The summed E-state index contributed by atoms with van der Waals surface area (Å²) in [4.78, 5) is 54.6. The number of nitrogens with one attached hydrogen (secondary N) is 2. The van der Waals surface area contributed by atoms with Gasteiger partial charge in [0.1, 0.15) is 29.0 Å². The lowest BCUT2D eigenvalue weighted by Crippen LogP contribution is -2.61. The summed E-state index contributed by atoms with van der Waals surface area (Å²) in [5, 5.41) is 78.7. The van der Waals surface area contributed by atoms with Crippen LogP contribution >= 0.6 is 11.6 Å². The molecule has 4 heterocycles. The number of cyclic esters (lactones) is 1. The topological polar surface area (TPSA) is 317 Å². The van der Waals surface area contributed by atoms with E-state index < -0.39 is 119 Å². The van der Waals surface area contributed by atoms with Gasteiger partial charge in [-0.2, -0.15) is 0 Å². The van der Waals surface area contributed by atoms with Gasteiger partial charge >= 0.3 is 17.9 Å². The average Bonchev–Trinajstić information content (AvgIpc) is 2.78. The van der Waals surface area contributed by atoms with Gasteiger partial charge in [0.05, 0.1) is 96.8 Å². The third kappa shape index (κ3) is 16.5. The number of aromatic carboxylic acids is 1. The number of ether oxygens (including phenoxy) is 9. The van der Waals surface area contributed by atoms with Crippen molar-refractivity contribution in [1.82, 2.24) is 14.8 Å². The molecule has 3 aliphatic heterocycles. The molecule has 1 saturated carbocycles. The lowest BCUT2D eigenvalue weighted by Gasteiger charge is -2.49. The highest BCUT2D eigenvalue weighted by atomic mass is 35.5. The molecule has 1 aliphatic carbocycles. The molecule has 2 unspecified atom stereocenters. The number of carboxylic acid groups (broad SMARTS) is 1. The lowest BCUT2D eigenvalue weighted by atomic mass is 9.73. The van der Waals surface area contributed by atoms with Gasteiger partial charge in [-0.3, -0.25) is 14.4 Å². The maximum Gasteiger partial charge on any atom is 0.341 e. The van der Waals surface area contributed by atoms with E-state index >= 15 is 0 Å². The van der Waals surface area contributed by atoms with Gasteiger partial charge in [-0.15, -0.1) is 0 Å². The Kier molecular flexibility index (Phi) is 24.4. The SMILES string of the molecule is CC[C@H]1OC(=O)[C@H](C)[C@@H](OC2C[C@@](C)(OC)[C@@H](OC(=O)CCNCCOCCOCCNc3cc4c(=O)c(C(=O)O)cn(C5CC5)c4cc3Cl)[C@H](C)O2)[C@H](C)[C@@H](OC2O[C@H](C)C[C@H](N(C)C)[C@H]2O)[C@](C)(O)C[C@@H](C)/C(=N\O)[C@H](C)[C@@H](O)[C@]1(C)O. The van der Waals surface area contributed by atoms with Crippen LogP contribution in [0, 0.1) is 23.7 Å². The Balaban J connectivity index is 1.05. The summed E-state index contributed by atoms with van der Waals surface area (Å²) in [7, 11) is 5.16. The van der Waals surface area contributed by atoms with Crippen LogP contribution in [0.4, 0.5) is 5.69 Å². The number of hydrogen-bond acceptors (Lipinski definition) is 22. The number of hydrogen-bond donors (Lipinski definition) is 8. The van der Waals surface area contributed by atoms with Gasteiger partial charge in [0.15, 0.2) is 18.7 Å². The van der Waals surface area contributed by atoms with E-state index in [1.165, 1.54) is 27.2 Å². The molecule has 0 radical (unpaired) electrons. The Bertz CT molecular complexity index is 2620. The van der Waals surface area contributed by atoms with E-state index in [4.69, 9.17) is 54.2 Å². The predicted molar refractivity (Wildman–Crippen MR) is 310 cm³/mol. The molecular formula is C59H94ClN5O19. The summed E-state index contributed by atoms with van der Waals surface area (Å²) in [6.45, 7) is 18.9. The number of aromatic nitrogens is 1. The first-order valence-electron chi connectivity index (χ1n) is 29.5. The van der Waals surface area contributed by atoms with E-state index in [-0.39, 0.29) is 67.1 Å². The first kappa shape index (κ1) is 69.0. The molecule has 1 aromatic carbocycles. The van der Waals surface area contributed by atoms with Crippen molar-refractivity contribution in [1.29, 1.82) is 0 Å². The summed E-state index contributed by atoms with van der Waals surface area (Å²) in [6, 6.07) is 3.03. The van der Waals surface area contributed by atoms with Crippen LogP contribution in [0.15, 0.2) is 28.3 Å². The van der Waals surface area contributed by atoms with Crippen LogP contribution in [0.3, 0.4) is 0 Å². The number of oxime groups is 1. The monoisotopic (exact) mass is 1210 g/mol. The van der Waals surface area contributed by atoms with Crippen molar-refractivity contribution in [3.05, 3.63) is 39.1 Å². The van der Waals surface area contributed by atoms with Crippen LogP contribution < -0.4 is 16.1 Å². The van der Waals surface area contributed by atoms with Gasteiger partial charge in [0.2, 0.25) is 5.43 Å². The first-order chi connectivity index (χ1) is 39.5. The molecule has 0 bridgehead atoms. The zero-order valence-corrected chi connectivity index (χ0v) is 51.8. The van der Waals surface area contributed by atoms with E-state index in [0.29, 0.717) is 62.2 Å². The fourth-order valence-electron chi connectivity index (χ4n) is 12.4. The minimum absolute atomic E-state index is 0.00399. The van der Waals surface area contributed by atoms with Gasteiger partial charge in [0.25, 0.3) is 0 Å². The average molecular weight is 1210 g/mol. The molecule has 476 valence electrons. The van der Waals surface area contributed by atoms with Crippen molar-refractivity contribution >= 4 is 51.8 Å². The maximum atomic E-state index is 14.5. The Morgan fingerprint density at radius 2 is 1.57 bits per heavy atom. The van der Waals surface area contributed by atoms with Crippen LogP contribution in [-0.2, 0) is 52.2 Å². The number of carbonyl (C=O) groups excluding carboxylic acids is 2. The zero-order valence-electron chi connectivity index (χ0n) is 51.1. The number of carbonyl (C=O) groups is 3. The van der Waals surface area contributed by atoms with Crippen LogP contribution in [0.5, 0.6) is 0 Å². The molecule has 4 aliphatic rings. The number of likely N-dealkylation sites (N-methyl/N-ethyl adjacent to an activating group) is 1. The number of carboxylic acids is 1. The molecule has 0 amide bonds. The molecule has 6 rings (SSSR count). The van der Waals surface area contributed by atoms with Gasteiger partial charge < -0.3 is 93.5 Å². The number of rotatable bonds is 23. The molecule has 2 aromatic rings. The molecule has 18 atom stereocenters. The fourth-order valence-corrected chi connectivity index (χ4v) is 12.6. The molecule has 0 spiro atoms. The highest BCUT2D eigenvalue weighted by Crippen LogP contribution is 2.43. The number of aliphatic hydroxyl groups is 4. The van der Waals surface area contributed by atoms with Crippen molar-refractivity contribution in [2.75, 3.05) is 72.6 Å². The number of benzene rings is 1. The number of halogens is 1. The van der Waals surface area contributed by atoms with Crippen molar-refractivity contribution in [2.45, 2.75) is 204 Å². The van der Waals surface area contributed by atoms with E-state index in [1.807, 2.05) is 30.5 Å².